The third-order valence-corrected chi connectivity index (χ3v) is 3.45. The molecule has 0 saturated heterocycles. The Morgan fingerprint density at radius 2 is 1.90 bits per heavy atom. The quantitative estimate of drug-likeness (QED) is 0.509. The summed E-state index contributed by atoms with van der Waals surface area (Å²) < 4.78 is 5.76. The van der Waals surface area contributed by atoms with Crippen molar-refractivity contribution in [3.8, 4) is 5.75 Å². The summed E-state index contributed by atoms with van der Waals surface area (Å²) >= 11 is 0. The summed E-state index contributed by atoms with van der Waals surface area (Å²) in [5.74, 6) is 0.866. The van der Waals surface area contributed by atoms with E-state index in [4.69, 9.17) is 4.74 Å². The zero-order valence-corrected chi connectivity index (χ0v) is 13.2. The molecule has 0 atom stereocenters. The number of aryl methyl sites for hydroxylation is 1. The first-order chi connectivity index (χ1) is 9.62. The van der Waals surface area contributed by atoms with Crippen molar-refractivity contribution in [2.45, 2.75) is 40.5 Å². The van der Waals surface area contributed by atoms with Crippen LogP contribution in [0.5, 0.6) is 5.75 Å². The summed E-state index contributed by atoms with van der Waals surface area (Å²) in [5, 5.41) is 0. The average Bonchev–Trinajstić information content (AvgIpc) is 2.46. The van der Waals surface area contributed by atoms with E-state index in [0.717, 1.165) is 37.2 Å². The molecule has 0 aliphatic carbocycles. The smallest absolute Gasteiger partial charge is 0.180 e. The number of unbranched alkanes of at least 4 members (excludes halogenated alkanes) is 1. The minimum Gasteiger partial charge on any atom is -0.493 e. The number of rotatable bonds is 9. The number of Topliss-reactive ketones (excluding diaryl/α,β-unsaturated/α-hetero) is 1. The number of hydrogen-bond acceptors (Lipinski definition) is 3. The van der Waals surface area contributed by atoms with Gasteiger partial charge in [-0.15, -0.1) is 0 Å². The van der Waals surface area contributed by atoms with Crippen molar-refractivity contribution in [2.75, 3.05) is 26.2 Å². The molecule has 0 spiro atoms. The van der Waals surface area contributed by atoms with Crippen molar-refractivity contribution < 1.29 is 9.53 Å². The van der Waals surface area contributed by atoms with E-state index >= 15 is 0 Å². The van der Waals surface area contributed by atoms with E-state index in [0.29, 0.717) is 18.7 Å². The van der Waals surface area contributed by atoms with Gasteiger partial charge in [-0.05, 0) is 38.6 Å². The molecular weight excluding hydrogens is 250 g/mol. The zero-order chi connectivity index (χ0) is 15.0. The molecule has 0 fully saturated rings. The molecule has 112 valence electrons. The number of benzene rings is 1. The molecule has 1 aromatic carbocycles. The van der Waals surface area contributed by atoms with E-state index in [-0.39, 0.29) is 5.78 Å². The minimum absolute atomic E-state index is 0.142. The first-order valence-electron chi connectivity index (χ1n) is 7.61. The van der Waals surface area contributed by atoms with Gasteiger partial charge in [-0.3, -0.25) is 9.69 Å². The van der Waals surface area contributed by atoms with Crippen molar-refractivity contribution in [3.05, 3.63) is 29.3 Å². The number of carbonyl (C=O) groups excluding carboxylic acids is 1. The Kier molecular flexibility index (Phi) is 7.31. The van der Waals surface area contributed by atoms with Crippen LogP contribution in [0.25, 0.3) is 0 Å². The van der Waals surface area contributed by atoms with Crippen LogP contribution in [-0.4, -0.2) is 36.9 Å². The topological polar surface area (TPSA) is 29.5 Å². The lowest BCUT2D eigenvalue weighted by Gasteiger charge is -2.18. The first-order valence-corrected chi connectivity index (χ1v) is 7.61. The van der Waals surface area contributed by atoms with Gasteiger partial charge in [-0.1, -0.05) is 38.8 Å². The van der Waals surface area contributed by atoms with Crippen LogP contribution in [-0.2, 0) is 0 Å². The molecule has 0 aromatic heterocycles. The Morgan fingerprint density at radius 1 is 1.20 bits per heavy atom. The SMILES string of the molecule is CCCCOc1ccc(C)cc1C(=O)CN(CC)CC. The largest absolute Gasteiger partial charge is 0.493 e. The van der Waals surface area contributed by atoms with Gasteiger partial charge in [0.2, 0.25) is 0 Å². The lowest BCUT2D eigenvalue weighted by molar-refractivity contribution is 0.0933. The molecule has 0 aliphatic heterocycles. The molecule has 3 nitrogen and oxygen atoms in total. The number of ether oxygens (including phenoxy) is 1. The van der Waals surface area contributed by atoms with Gasteiger partial charge in [0.1, 0.15) is 5.75 Å². The summed E-state index contributed by atoms with van der Waals surface area (Å²) in [4.78, 5) is 14.6. The molecule has 0 heterocycles. The third kappa shape index (κ3) is 4.97. The Balaban J connectivity index is 2.84. The van der Waals surface area contributed by atoms with Crippen LogP contribution in [0.4, 0.5) is 0 Å². The van der Waals surface area contributed by atoms with Crippen LogP contribution in [0, 0.1) is 6.92 Å². The highest BCUT2D eigenvalue weighted by Gasteiger charge is 2.15. The fourth-order valence-corrected chi connectivity index (χ4v) is 2.05. The van der Waals surface area contributed by atoms with Crippen LogP contribution in [0.1, 0.15) is 49.5 Å². The predicted octanol–water partition coefficient (Wildman–Crippen LogP) is 3.70. The third-order valence-electron chi connectivity index (χ3n) is 3.45. The van der Waals surface area contributed by atoms with E-state index in [1.807, 2.05) is 25.1 Å². The van der Waals surface area contributed by atoms with Crippen molar-refractivity contribution in [3.63, 3.8) is 0 Å². The molecule has 3 heteroatoms. The highest BCUT2D eigenvalue weighted by Crippen LogP contribution is 2.21. The van der Waals surface area contributed by atoms with Crippen LogP contribution in [0.15, 0.2) is 18.2 Å². The predicted molar refractivity (Wildman–Crippen MR) is 83.7 cm³/mol. The number of likely N-dealkylation sites (N-methyl/N-ethyl adjacent to an activating group) is 1. The summed E-state index contributed by atoms with van der Waals surface area (Å²) in [6.45, 7) is 11.2. The van der Waals surface area contributed by atoms with Gasteiger partial charge in [-0.25, -0.2) is 0 Å². The molecular formula is C17H27NO2. The normalized spacial score (nSPS) is 10.8. The Bertz CT molecular complexity index is 425. The molecule has 0 bridgehead atoms. The lowest BCUT2D eigenvalue weighted by atomic mass is 10.1. The van der Waals surface area contributed by atoms with Crippen molar-refractivity contribution >= 4 is 5.78 Å². The van der Waals surface area contributed by atoms with Gasteiger partial charge in [0.05, 0.1) is 18.7 Å². The summed E-state index contributed by atoms with van der Waals surface area (Å²) in [6.07, 6.45) is 2.10. The second kappa shape index (κ2) is 8.75. The second-order valence-electron chi connectivity index (χ2n) is 5.09. The molecule has 0 radical (unpaired) electrons. The van der Waals surface area contributed by atoms with Crippen LogP contribution in [0.3, 0.4) is 0 Å². The Labute approximate surface area is 122 Å². The molecule has 0 amide bonds. The molecule has 0 N–H and O–H groups in total. The molecule has 0 aliphatic rings. The van der Waals surface area contributed by atoms with Crippen molar-refractivity contribution in [2.24, 2.45) is 0 Å². The van der Waals surface area contributed by atoms with E-state index in [9.17, 15) is 4.79 Å². The maximum Gasteiger partial charge on any atom is 0.180 e. The Morgan fingerprint density at radius 3 is 2.50 bits per heavy atom. The first kappa shape index (κ1) is 16.7. The summed E-state index contributed by atoms with van der Waals surface area (Å²) in [6, 6.07) is 5.85. The van der Waals surface area contributed by atoms with Crippen molar-refractivity contribution in [1.29, 1.82) is 0 Å². The highest BCUT2D eigenvalue weighted by atomic mass is 16.5. The molecule has 0 unspecified atom stereocenters. The van der Waals surface area contributed by atoms with Gasteiger partial charge in [0.25, 0.3) is 0 Å². The summed E-state index contributed by atoms with van der Waals surface area (Å²) in [7, 11) is 0. The lowest BCUT2D eigenvalue weighted by Crippen LogP contribution is -2.29. The van der Waals surface area contributed by atoms with Crippen LogP contribution < -0.4 is 4.74 Å². The monoisotopic (exact) mass is 277 g/mol. The number of hydrogen-bond donors (Lipinski definition) is 0. The van der Waals surface area contributed by atoms with Crippen LogP contribution in [0.2, 0.25) is 0 Å². The number of carbonyl (C=O) groups is 1. The fourth-order valence-electron chi connectivity index (χ4n) is 2.05. The molecule has 1 rings (SSSR count). The minimum atomic E-state index is 0.142. The zero-order valence-electron chi connectivity index (χ0n) is 13.2. The van der Waals surface area contributed by atoms with Gasteiger partial charge < -0.3 is 4.74 Å². The molecule has 1 aromatic rings. The van der Waals surface area contributed by atoms with Crippen molar-refractivity contribution in [1.82, 2.24) is 4.90 Å². The second-order valence-corrected chi connectivity index (χ2v) is 5.09. The van der Waals surface area contributed by atoms with E-state index in [1.54, 1.807) is 0 Å². The highest BCUT2D eigenvalue weighted by molar-refractivity contribution is 6.00. The maximum atomic E-state index is 12.5. The summed E-state index contributed by atoms with van der Waals surface area (Å²) in [5.41, 5.74) is 1.81. The maximum absolute atomic E-state index is 12.5. The number of ketones is 1. The average molecular weight is 277 g/mol. The number of nitrogens with zero attached hydrogens (tertiary/aromatic N) is 1. The van der Waals surface area contributed by atoms with Gasteiger partial charge in [0.15, 0.2) is 5.78 Å². The standard InChI is InChI=1S/C17H27NO2/c1-5-8-11-20-17-10-9-14(4)12-15(17)16(19)13-18(6-2)7-3/h9-10,12H,5-8,11,13H2,1-4H3. The van der Waals surface area contributed by atoms with Gasteiger partial charge in [-0.2, -0.15) is 0 Å². The van der Waals surface area contributed by atoms with E-state index in [2.05, 4.69) is 25.7 Å². The van der Waals surface area contributed by atoms with Crippen LogP contribution >= 0.6 is 0 Å². The van der Waals surface area contributed by atoms with Gasteiger partial charge in [0, 0.05) is 0 Å². The molecule has 20 heavy (non-hydrogen) atoms. The fraction of sp³-hybridized carbons (Fsp3) is 0.588. The van der Waals surface area contributed by atoms with Gasteiger partial charge >= 0.3 is 0 Å². The molecule has 0 saturated carbocycles. The van der Waals surface area contributed by atoms with E-state index in [1.165, 1.54) is 0 Å². The Hall–Kier alpha value is -1.35. The van der Waals surface area contributed by atoms with E-state index < -0.39 is 0 Å².